The average Bonchev–Trinajstić information content (AvgIpc) is 3.17. The van der Waals surface area contributed by atoms with Crippen LogP contribution in [0.25, 0.3) is 0 Å². The molecule has 7 nitrogen and oxygen atoms in total. The third-order valence-electron chi connectivity index (χ3n) is 8.26. The summed E-state index contributed by atoms with van der Waals surface area (Å²) >= 11 is 0. The lowest BCUT2D eigenvalue weighted by molar-refractivity contribution is 0.0805. The summed E-state index contributed by atoms with van der Waals surface area (Å²) in [6, 6.07) is 47.6. The van der Waals surface area contributed by atoms with Crippen molar-refractivity contribution in [1.82, 2.24) is 0 Å². The molecule has 0 bridgehead atoms. The smallest absolute Gasteiger partial charge is 0.161 e. The van der Waals surface area contributed by atoms with Crippen LogP contribution in [0.15, 0.2) is 152 Å². The van der Waals surface area contributed by atoms with E-state index in [-0.39, 0.29) is 25.6 Å². The quantitative estimate of drug-likeness (QED) is 0.0957. The third-order valence-corrected chi connectivity index (χ3v) is 8.26. The highest BCUT2D eigenvalue weighted by molar-refractivity contribution is 5.57. The van der Waals surface area contributed by atoms with E-state index >= 15 is 0 Å². The summed E-state index contributed by atoms with van der Waals surface area (Å²) in [5, 5.41) is 33.3. The molecular formula is C43H40O7. The second kappa shape index (κ2) is 17.1. The van der Waals surface area contributed by atoms with Gasteiger partial charge in [0.15, 0.2) is 11.5 Å². The molecule has 1 unspecified atom stereocenters. The van der Waals surface area contributed by atoms with Crippen LogP contribution in [0.1, 0.15) is 39.3 Å². The van der Waals surface area contributed by atoms with E-state index in [2.05, 4.69) is 0 Å². The fraction of sp³-hybridized carbons (Fsp3) is 0.163. The van der Waals surface area contributed by atoms with Gasteiger partial charge in [-0.25, -0.2) is 0 Å². The summed E-state index contributed by atoms with van der Waals surface area (Å²) in [6.45, 7) is 0.527. The van der Waals surface area contributed by atoms with Gasteiger partial charge >= 0.3 is 0 Å². The number of aliphatic hydroxyl groups excluding tert-OH is 2. The van der Waals surface area contributed by atoms with Crippen LogP contribution >= 0.6 is 0 Å². The standard InChI is InChI=1S/C43H40O7/c44-26-38(46)42(35-21-22-39(48-28-32-15-7-2-8-16-32)40(23-35)49-29-33-17-9-3-10-18-33)43-37(45)24-36(47-27-31-13-5-1-6-14-31)25-41(43)50-30-34-19-11-4-12-20-34/h1-25,38,42,44-46H,26-30H2/t38-,42?/m1/s1. The molecule has 0 radical (unpaired) electrons. The van der Waals surface area contributed by atoms with Crippen molar-refractivity contribution >= 4 is 0 Å². The minimum Gasteiger partial charge on any atom is -0.507 e. The van der Waals surface area contributed by atoms with Gasteiger partial charge in [-0.3, -0.25) is 0 Å². The van der Waals surface area contributed by atoms with E-state index in [0.29, 0.717) is 40.7 Å². The molecule has 0 aromatic heterocycles. The van der Waals surface area contributed by atoms with Crippen LogP contribution in [0.2, 0.25) is 0 Å². The van der Waals surface area contributed by atoms with Crippen molar-refractivity contribution < 1.29 is 34.3 Å². The van der Waals surface area contributed by atoms with Crippen molar-refractivity contribution in [3.63, 3.8) is 0 Å². The van der Waals surface area contributed by atoms with Crippen molar-refractivity contribution in [2.24, 2.45) is 0 Å². The first-order valence-corrected chi connectivity index (χ1v) is 16.5. The Morgan fingerprint density at radius 3 is 1.38 bits per heavy atom. The first-order valence-electron chi connectivity index (χ1n) is 16.5. The Hall–Kier alpha value is -5.76. The number of hydrogen-bond acceptors (Lipinski definition) is 7. The average molecular weight is 669 g/mol. The number of rotatable bonds is 16. The topological polar surface area (TPSA) is 97.6 Å². The fourth-order valence-electron chi connectivity index (χ4n) is 5.69. The van der Waals surface area contributed by atoms with Gasteiger partial charge < -0.3 is 34.3 Å². The van der Waals surface area contributed by atoms with Crippen molar-refractivity contribution in [2.75, 3.05) is 6.61 Å². The summed E-state index contributed by atoms with van der Waals surface area (Å²) in [5.41, 5.74) is 4.75. The molecule has 0 aliphatic heterocycles. The van der Waals surface area contributed by atoms with Gasteiger partial charge in [-0.2, -0.15) is 0 Å². The summed E-state index contributed by atoms with van der Waals surface area (Å²) in [6.07, 6.45) is -1.30. The van der Waals surface area contributed by atoms with Crippen LogP contribution in [0.4, 0.5) is 0 Å². The maximum Gasteiger partial charge on any atom is 0.161 e. The van der Waals surface area contributed by atoms with E-state index in [4.69, 9.17) is 18.9 Å². The largest absolute Gasteiger partial charge is 0.507 e. The SMILES string of the molecule is OC[C@@H](O)C(c1ccc(OCc2ccccc2)c(OCc2ccccc2)c1)c1c(O)cc(OCc2ccccc2)cc1OCc1ccccc1. The minimum atomic E-state index is -1.30. The van der Waals surface area contributed by atoms with Crippen LogP contribution < -0.4 is 18.9 Å². The van der Waals surface area contributed by atoms with Crippen molar-refractivity contribution in [1.29, 1.82) is 0 Å². The first-order chi connectivity index (χ1) is 24.6. The highest BCUT2D eigenvalue weighted by atomic mass is 16.5. The van der Waals surface area contributed by atoms with E-state index in [1.165, 1.54) is 6.07 Å². The Bertz CT molecular complexity index is 1920. The van der Waals surface area contributed by atoms with Gasteiger partial charge in [-0.1, -0.05) is 127 Å². The molecule has 3 N–H and O–H groups in total. The molecule has 6 aromatic rings. The Morgan fingerprint density at radius 1 is 0.460 bits per heavy atom. The number of benzene rings is 6. The molecule has 0 fully saturated rings. The van der Waals surface area contributed by atoms with E-state index in [1.54, 1.807) is 24.3 Å². The summed E-state index contributed by atoms with van der Waals surface area (Å²) < 4.78 is 25.0. The highest BCUT2D eigenvalue weighted by Crippen LogP contribution is 2.45. The molecule has 0 heterocycles. The molecule has 0 aliphatic carbocycles. The second-order valence-electron chi connectivity index (χ2n) is 11.9. The number of phenolic OH excluding ortho intramolecular Hbond substituents is 1. The molecule has 6 rings (SSSR count). The second-order valence-corrected chi connectivity index (χ2v) is 11.9. The zero-order chi connectivity index (χ0) is 34.5. The van der Waals surface area contributed by atoms with Crippen LogP contribution in [-0.4, -0.2) is 28.0 Å². The molecular weight excluding hydrogens is 628 g/mol. The molecule has 0 saturated carbocycles. The van der Waals surface area contributed by atoms with Crippen LogP contribution in [0, 0.1) is 0 Å². The molecule has 0 amide bonds. The number of ether oxygens (including phenoxy) is 4. The van der Waals surface area contributed by atoms with E-state index in [9.17, 15) is 15.3 Å². The van der Waals surface area contributed by atoms with Crippen LogP contribution in [0.5, 0.6) is 28.7 Å². The lowest BCUT2D eigenvalue weighted by Crippen LogP contribution is -2.24. The third kappa shape index (κ3) is 9.02. The Kier molecular flexibility index (Phi) is 11.6. The lowest BCUT2D eigenvalue weighted by atomic mass is 9.85. The van der Waals surface area contributed by atoms with E-state index in [0.717, 1.165) is 22.3 Å². The molecule has 0 saturated heterocycles. The Balaban J connectivity index is 1.37. The van der Waals surface area contributed by atoms with Crippen LogP contribution in [0.3, 0.4) is 0 Å². The molecule has 2 atom stereocenters. The maximum absolute atomic E-state index is 11.6. The molecule has 0 aliphatic rings. The Labute approximate surface area is 292 Å². The fourth-order valence-corrected chi connectivity index (χ4v) is 5.69. The zero-order valence-corrected chi connectivity index (χ0v) is 27.6. The van der Waals surface area contributed by atoms with E-state index < -0.39 is 18.6 Å². The maximum atomic E-state index is 11.6. The summed E-state index contributed by atoms with van der Waals surface area (Å²) in [7, 11) is 0. The van der Waals surface area contributed by atoms with Gasteiger partial charge in [0.1, 0.15) is 43.7 Å². The van der Waals surface area contributed by atoms with Gasteiger partial charge in [-0.05, 0) is 39.9 Å². The van der Waals surface area contributed by atoms with Gasteiger partial charge in [0.2, 0.25) is 0 Å². The van der Waals surface area contributed by atoms with E-state index in [1.807, 2.05) is 121 Å². The number of aromatic hydroxyl groups is 1. The number of phenols is 1. The monoisotopic (exact) mass is 668 g/mol. The molecule has 50 heavy (non-hydrogen) atoms. The van der Waals surface area contributed by atoms with Gasteiger partial charge in [0.25, 0.3) is 0 Å². The normalized spacial score (nSPS) is 12.1. The van der Waals surface area contributed by atoms with Gasteiger partial charge in [0, 0.05) is 23.6 Å². The predicted octanol–water partition coefficient (Wildman–Crippen LogP) is 8.19. The highest BCUT2D eigenvalue weighted by Gasteiger charge is 2.31. The molecule has 6 aromatic carbocycles. The van der Waals surface area contributed by atoms with Crippen molar-refractivity contribution in [2.45, 2.75) is 38.4 Å². The van der Waals surface area contributed by atoms with Crippen LogP contribution in [-0.2, 0) is 26.4 Å². The van der Waals surface area contributed by atoms with Gasteiger partial charge in [-0.15, -0.1) is 0 Å². The molecule has 254 valence electrons. The predicted molar refractivity (Wildman–Crippen MR) is 193 cm³/mol. The zero-order valence-electron chi connectivity index (χ0n) is 27.6. The summed E-state index contributed by atoms with van der Waals surface area (Å²) in [4.78, 5) is 0. The number of hydrogen-bond donors (Lipinski definition) is 3. The Morgan fingerprint density at radius 2 is 0.900 bits per heavy atom. The van der Waals surface area contributed by atoms with Crippen molar-refractivity contribution in [3.05, 3.63) is 185 Å². The number of aliphatic hydroxyl groups is 2. The molecule has 0 spiro atoms. The van der Waals surface area contributed by atoms with Crippen molar-refractivity contribution in [3.8, 4) is 28.7 Å². The molecule has 7 heteroatoms. The first kappa shape index (κ1) is 34.1. The van der Waals surface area contributed by atoms with Gasteiger partial charge in [0.05, 0.1) is 12.7 Å². The lowest BCUT2D eigenvalue weighted by Gasteiger charge is -2.27. The minimum absolute atomic E-state index is 0.146. The summed E-state index contributed by atoms with van der Waals surface area (Å²) in [5.74, 6) is 0.618.